The molecule has 0 saturated carbocycles. The van der Waals surface area contributed by atoms with Gasteiger partial charge in [0.2, 0.25) is 0 Å². The third-order valence-corrected chi connectivity index (χ3v) is 3.28. The van der Waals surface area contributed by atoms with E-state index >= 15 is 0 Å². The first-order chi connectivity index (χ1) is 9.02. The second kappa shape index (κ2) is 5.38. The zero-order valence-electron chi connectivity index (χ0n) is 11.0. The Hall–Kier alpha value is -1.91. The predicted molar refractivity (Wildman–Crippen MR) is 71.0 cm³/mol. The molecule has 1 heterocycles. The maximum atomic E-state index is 13.6. The zero-order chi connectivity index (χ0) is 14.0. The standard InChI is InChI=1S/C14H17FN2O2/c1-3-4-5-8(2)13-16-11-6-9(14(18)19)10(15)7-12(11)17-13/h6-8H,3-5H2,1-2H3,(H,16,17)(H,18,19). The van der Waals surface area contributed by atoms with Crippen molar-refractivity contribution in [3.63, 3.8) is 0 Å². The maximum absolute atomic E-state index is 13.6. The molecule has 1 aromatic heterocycles. The highest BCUT2D eigenvalue weighted by Crippen LogP contribution is 2.23. The van der Waals surface area contributed by atoms with Gasteiger partial charge in [0.25, 0.3) is 0 Å². The normalized spacial score (nSPS) is 12.8. The molecule has 19 heavy (non-hydrogen) atoms. The quantitative estimate of drug-likeness (QED) is 0.865. The lowest BCUT2D eigenvalue weighted by Gasteiger charge is -2.06. The lowest BCUT2D eigenvalue weighted by Crippen LogP contribution is -1.99. The summed E-state index contributed by atoms with van der Waals surface area (Å²) in [4.78, 5) is 18.3. The minimum Gasteiger partial charge on any atom is -0.478 e. The zero-order valence-corrected chi connectivity index (χ0v) is 11.0. The number of carboxylic acids is 1. The molecular formula is C14H17FN2O2. The Morgan fingerprint density at radius 2 is 2.26 bits per heavy atom. The van der Waals surface area contributed by atoms with E-state index < -0.39 is 11.8 Å². The molecule has 1 atom stereocenters. The molecule has 5 heteroatoms. The smallest absolute Gasteiger partial charge is 0.338 e. The number of rotatable bonds is 5. The van der Waals surface area contributed by atoms with Gasteiger partial charge in [0.15, 0.2) is 0 Å². The van der Waals surface area contributed by atoms with Crippen LogP contribution in [-0.4, -0.2) is 21.0 Å². The van der Waals surface area contributed by atoms with E-state index in [1.807, 2.05) is 0 Å². The van der Waals surface area contributed by atoms with Gasteiger partial charge in [0, 0.05) is 12.0 Å². The van der Waals surface area contributed by atoms with E-state index in [-0.39, 0.29) is 11.5 Å². The Kier molecular flexibility index (Phi) is 3.83. The first kappa shape index (κ1) is 13.5. The monoisotopic (exact) mass is 264 g/mol. The average Bonchev–Trinajstić information content (AvgIpc) is 2.77. The number of aromatic nitrogens is 2. The molecule has 0 aliphatic heterocycles. The average molecular weight is 264 g/mol. The van der Waals surface area contributed by atoms with Crippen molar-refractivity contribution in [1.29, 1.82) is 0 Å². The van der Waals surface area contributed by atoms with E-state index in [0.717, 1.165) is 25.1 Å². The number of H-pyrrole nitrogens is 1. The largest absolute Gasteiger partial charge is 0.478 e. The molecule has 2 rings (SSSR count). The number of carboxylic acid groups (broad SMARTS) is 1. The topological polar surface area (TPSA) is 66.0 Å². The highest BCUT2D eigenvalue weighted by molar-refractivity contribution is 5.92. The number of benzene rings is 1. The van der Waals surface area contributed by atoms with Crippen molar-refractivity contribution < 1.29 is 14.3 Å². The molecule has 0 spiro atoms. The van der Waals surface area contributed by atoms with Crippen LogP contribution in [0, 0.1) is 5.82 Å². The van der Waals surface area contributed by atoms with Gasteiger partial charge in [0.05, 0.1) is 16.6 Å². The molecule has 1 unspecified atom stereocenters. The Bertz CT molecular complexity index is 607. The molecule has 0 amide bonds. The molecule has 1 aromatic carbocycles. The Balaban J connectivity index is 2.37. The van der Waals surface area contributed by atoms with Crippen LogP contribution in [0.4, 0.5) is 4.39 Å². The maximum Gasteiger partial charge on any atom is 0.338 e. The van der Waals surface area contributed by atoms with Crippen LogP contribution in [0.1, 0.15) is 55.2 Å². The first-order valence-corrected chi connectivity index (χ1v) is 6.45. The van der Waals surface area contributed by atoms with E-state index in [9.17, 15) is 9.18 Å². The number of aromatic amines is 1. The third kappa shape index (κ3) is 2.75. The van der Waals surface area contributed by atoms with Crippen molar-refractivity contribution in [2.45, 2.75) is 39.0 Å². The van der Waals surface area contributed by atoms with Gasteiger partial charge in [0.1, 0.15) is 11.6 Å². The molecular weight excluding hydrogens is 247 g/mol. The molecule has 0 fully saturated rings. The molecule has 0 radical (unpaired) electrons. The van der Waals surface area contributed by atoms with Gasteiger partial charge in [-0.05, 0) is 12.5 Å². The molecule has 4 nitrogen and oxygen atoms in total. The number of imidazole rings is 1. The molecule has 2 N–H and O–H groups in total. The van der Waals surface area contributed by atoms with E-state index in [0.29, 0.717) is 11.0 Å². The summed E-state index contributed by atoms with van der Waals surface area (Å²) in [6.07, 6.45) is 3.22. The van der Waals surface area contributed by atoms with Gasteiger partial charge in [-0.1, -0.05) is 26.7 Å². The fourth-order valence-corrected chi connectivity index (χ4v) is 2.09. The number of nitrogens with zero attached hydrogens (tertiary/aromatic N) is 1. The summed E-state index contributed by atoms with van der Waals surface area (Å²) in [7, 11) is 0. The van der Waals surface area contributed by atoms with Gasteiger partial charge in [-0.2, -0.15) is 0 Å². The van der Waals surface area contributed by atoms with Crippen LogP contribution < -0.4 is 0 Å². The summed E-state index contributed by atoms with van der Waals surface area (Å²) in [6.45, 7) is 4.18. The molecule has 2 aromatic rings. The SMILES string of the molecule is CCCCC(C)c1nc2cc(C(=O)O)c(F)cc2[nH]1. The number of unbranched alkanes of at least 4 members (excludes halogenated alkanes) is 1. The molecule has 0 bridgehead atoms. The van der Waals surface area contributed by atoms with Crippen LogP contribution in [0.5, 0.6) is 0 Å². The van der Waals surface area contributed by atoms with Crippen molar-refractivity contribution in [2.24, 2.45) is 0 Å². The van der Waals surface area contributed by atoms with E-state index in [1.54, 1.807) is 0 Å². The lowest BCUT2D eigenvalue weighted by molar-refractivity contribution is 0.0692. The Morgan fingerprint density at radius 1 is 1.53 bits per heavy atom. The molecule has 102 valence electrons. The number of hydrogen-bond acceptors (Lipinski definition) is 2. The van der Waals surface area contributed by atoms with Crippen molar-refractivity contribution >= 4 is 17.0 Å². The summed E-state index contributed by atoms with van der Waals surface area (Å²) in [5.74, 6) is -0.978. The lowest BCUT2D eigenvalue weighted by atomic mass is 10.0. The van der Waals surface area contributed by atoms with Crippen LogP contribution in [0.25, 0.3) is 11.0 Å². The van der Waals surface area contributed by atoms with E-state index in [1.165, 1.54) is 12.1 Å². The number of carbonyl (C=O) groups is 1. The Morgan fingerprint density at radius 3 is 2.89 bits per heavy atom. The predicted octanol–water partition coefficient (Wildman–Crippen LogP) is 3.69. The summed E-state index contributed by atoms with van der Waals surface area (Å²) < 4.78 is 13.6. The van der Waals surface area contributed by atoms with Gasteiger partial charge in [-0.15, -0.1) is 0 Å². The van der Waals surface area contributed by atoms with Crippen molar-refractivity contribution in [3.8, 4) is 0 Å². The number of hydrogen-bond donors (Lipinski definition) is 2. The second-order valence-electron chi connectivity index (χ2n) is 4.82. The third-order valence-electron chi connectivity index (χ3n) is 3.28. The summed E-state index contributed by atoms with van der Waals surface area (Å²) in [5.41, 5.74) is 0.699. The number of halogens is 1. The van der Waals surface area contributed by atoms with Gasteiger partial charge in [-0.3, -0.25) is 0 Å². The molecule has 0 saturated heterocycles. The van der Waals surface area contributed by atoms with Crippen LogP contribution in [0.2, 0.25) is 0 Å². The van der Waals surface area contributed by atoms with Gasteiger partial charge in [-0.25, -0.2) is 14.2 Å². The minimum atomic E-state index is -1.28. The van der Waals surface area contributed by atoms with Crippen molar-refractivity contribution in [2.75, 3.05) is 0 Å². The minimum absolute atomic E-state index is 0.253. The highest BCUT2D eigenvalue weighted by Gasteiger charge is 2.16. The molecule has 0 aliphatic rings. The van der Waals surface area contributed by atoms with Crippen LogP contribution in [0.15, 0.2) is 12.1 Å². The first-order valence-electron chi connectivity index (χ1n) is 6.45. The summed E-state index contributed by atoms with van der Waals surface area (Å²) in [5, 5.41) is 8.88. The fourth-order valence-electron chi connectivity index (χ4n) is 2.09. The van der Waals surface area contributed by atoms with E-state index in [2.05, 4.69) is 23.8 Å². The summed E-state index contributed by atoms with van der Waals surface area (Å²) in [6, 6.07) is 2.47. The van der Waals surface area contributed by atoms with Crippen LogP contribution in [0.3, 0.4) is 0 Å². The van der Waals surface area contributed by atoms with Crippen molar-refractivity contribution in [3.05, 3.63) is 29.3 Å². The second-order valence-corrected chi connectivity index (χ2v) is 4.82. The van der Waals surface area contributed by atoms with Gasteiger partial charge >= 0.3 is 5.97 Å². The number of aromatic carboxylic acids is 1. The van der Waals surface area contributed by atoms with Crippen molar-refractivity contribution in [1.82, 2.24) is 9.97 Å². The fraction of sp³-hybridized carbons (Fsp3) is 0.429. The van der Waals surface area contributed by atoms with E-state index in [4.69, 9.17) is 5.11 Å². The van der Waals surface area contributed by atoms with Crippen LogP contribution in [-0.2, 0) is 0 Å². The van der Waals surface area contributed by atoms with Crippen LogP contribution >= 0.6 is 0 Å². The molecule has 0 aliphatic carbocycles. The number of nitrogens with one attached hydrogen (secondary N) is 1. The Labute approximate surface area is 110 Å². The number of fused-ring (bicyclic) bond motifs is 1. The van der Waals surface area contributed by atoms with Gasteiger partial charge < -0.3 is 10.1 Å². The summed E-state index contributed by atoms with van der Waals surface area (Å²) >= 11 is 0. The highest BCUT2D eigenvalue weighted by atomic mass is 19.1.